The Kier molecular flexibility index (Phi) is 11.3. The van der Waals surface area contributed by atoms with Crippen LogP contribution in [0, 0.1) is 5.41 Å². The van der Waals surface area contributed by atoms with E-state index in [0.717, 1.165) is 0 Å². The zero-order valence-corrected chi connectivity index (χ0v) is 28.6. The molecule has 0 atom stereocenters. The van der Waals surface area contributed by atoms with E-state index < -0.39 is 15.1 Å². The van der Waals surface area contributed by atoms with Gasteiger partial charge < -0.3 is 0 Å². The molecule has 0 saturated heterocycles. The molecule has 0 radical (unpaired) electrons. The first-order chi connectivity index (χ1) is 7.94. The minimum absolute atomic E-state index is 0.200. The average molecular weight is 1110 g/mol. The minimum Gasteiger partial charge on any atom is -0.0755 e. The van der Waals surface area contributed by atoms with Crippen LogP contribution in [-0.4, -0.2) is 13.4 Å². The molecule has 0 aromatic carbocycles. The Hall–Kier alpha value is 6.24. The van der Waals surface area contributed by atoms with Crippen molar-refractivity contribution in [2.75, 3.05) is 0 Å². The molecule has 0 nitrogen and oxygen atoms in total. The molecule has 0 unspecified atom stereocenters. The minimum atomic E-state index is -0.759. The summed E-state index contributed by atoms with van der Waals surface area (Å²) >= 11 is 47.1. The normalized spacial score (nSPS) is 16.1. The summed E-state index contributed by atoms with van der Waals surface area (Å²) in [6.45, 7) is 0. The highest BCUT2D eigenvalue weighted by atomic mass is 80.0. The van der Waals surface area contributed by atoms with E-state index in [9.17, 15) is 0 Å². The molecular formula is C6HBr13. The van der Waals surface area contributed by atoms with Crippen LogP contribution in [0.25, 0.3) is 0 Å². The van der Waals surface area contributed by atoms with Crippen LogP contribution in [0.5, 0.6) is 0 Å². The van der Waals surface area contributed by atoms with Gasteiger partial charge in [-0.3, -0.25) is 0 Å². The van der Waals surface area contributed by atoms with Gasteiger partial charge in [-0.2, -0.15) is 0 Å². The van der Waals surface area contributed by atoms with Crippen molar-refractivity contribution in [2.24, 2.45) is 5.41 Å². The van der Waals surface area contributed by atoms with Gasteiger partial charge in [-0.25, -0.2) is 0 Å². The predicted octanol–water partition coefficient (Wildman–Crippen LogP) is 10.1. The molecule has 116 valence electrons. The lowest BCUT2D eigenvalue weighted by molar-refractivity contribution is 0.364. The van der Waals surface area contributed by atoms with Gasteiger partial charge in [0.2, 0.25) is 0 Å². The van der Waals surface area contributed by atoms with E-state index in [1.54, 1.807) is 0 Å². The first-order valence-corrected chi connectivity index (χ1v) is 14.4. The molecule has 0 aliphatic carbocycles. The summed E-state index contributed by atoms with van der Waals surface area (Å²) in [7, 11) is 0. The first-order valence-electron chi connectivity index (χ1n) is 3.80. The summed E-state index contributed by atoms with van der Waals surface area (Å²) in [4.78, 5) is 0. The molecular weight excluding hydrogens is 1110 g/mol. The highest BCUT2D eigenvalue weighted by Gasteiger charge is 2.75. The van der Waals surface area contributed by atoms with Gasteiger partial charge in [0.25, 0.3) is 0 Å². The fourth-order valence-electron chi connectivity index (χ4n) is 1.12. The van der Waals surface area contributed by atoms with Crippen molar-refractivity contribution in [1.82, 2.24) is 0 Å². The van der Waals surface area contributed by atoms with Gasteiger partial charge in [0.15, 0.2) is 2.14 Å². The average Bonchev–Trinajstić information content (AvgIpc) is 1.92. The first kappa shape index (κ1) is 25.2. The van der Waals surface area contributed by atoms with E-state index in [-0.39, 0.29) is 3.74 Å². The molecule has 19 heavy (non-hydrogen) atoms. The summed E-state index contributed by atoms with van der Waals surface area (Å²) in [6.07, 6.45) is 0. The van der Waals surface area contributed by atoms with Crippen LogP contribution in [0.4, 0.5) is 0 Å². The smallest absolute Gasteiger partial charge is 0.0755 e. The molecule has 0 rings (SSSR count). The van der Waals surface area contributed by atoms with Crippen molar-refractivity contribution in [3.8, 4) is 0 Å². The van der Waals surface area contributed by atoms with Gasteiger partial charge in [0, 0.05) is 0 Å². The third-order valence-corrected chi connectivity index (χ3v) is 14.6. The lowest BCUT2D eigenvalue weighted by Crippen LogP contribution is -2.63. The van der Waals surface area contributed by atoms with E-state index in [2.05, 4.69) is 207 Å². The van der Waals surface area contributed by atoms with Gasteiger partial charge in [-0.05, 0) is 0 Å². The van der Waals surface area contributed by atoms with Gasteiger partial charge in [0.1, 0.15) is 7.52 Å². The molecule has 0 aliphatic heterocycles. The lowest BCUT2D eigenvalue weighted by atomic mass is 9.92. The zero-order chi connectivity index (χ0) is 16.1. The molecule has 0 fully saturated rings. The summed E-state index contributed by atoms with van der Waals surface area (Å²) in [5.41, 5.74) is -0.719. The predicted molar refractivity (Wildman–Crippen MR) is 133 cm³/mol. The third-order valence-electron chi connectivity index (χ3n) is 2.07. The quantitative estimate of drug-likeness (QED) is 0.242. The molecule has 0 N–H and O–H groups in total. The van der Waals surface area contributed by atoms with Crippen LogP contribution in [0.2, 0.25) is 0 Å². The van der Waals surface area contributed by atoms with Gasteiger partial charge in [0.05, 0.1) is 9.15 Å². The Morgan fingerprint density at radius 2 is 0.737 bits per heavy atom. The molecule has 0 aromatic rings. The largest absolute Gasteiger partial charge is 0.160 e. The third kappa shape index (κ3) is 5.15. The highest BCUT2D eigenvalue weighted by molar-refractivity contribution is 9.42. The Morgan fingerprint density at radius 1 is 0.474 bits per heavy atom. The van der Waals surface area contributed by atoms with Crippen molar-refractivity contribution in [3.05, 3.63) is 0 Å². The fourth-order valence-corrected chi connectivity index (χ4v) is 21.2. The number of hydrogen-bond acceptors (Lipinski definition) is 0. The number of rotatable bonds is 2. The second-order valence-electron chi connectivity index (χ2n) is 3.18. The molecule has 0 heterocycles. The number of halogens is 13. The Bertz CT molecular complexity index is 299. The summed E-state index contributed by atoms with van der Waals surface area (Å²) in [5.74, 6) is 0. The maximum atomic E-state index is 3.73. The Labute approximate surface area is 221 Å². The van der Waals surface area contributed by atoms with Crippen LogP contribution in [-0.2, 0) is 0 Å². The number of alkyl halides is 13. The van der Waals surface area contributed by atoms with E-state index in [0.29, 0.717) is 0 Å². The topological polar surface area (TPSA) is 0 Å². The van der Waals surface area contributed by atoms with Crippen molar-refractivity contribution >= 4 is 207 Å². The highest BCUT2D eigenvalue weighted by Crippen LogP contribution is 2.78. The van der Waals surface area contributed by atoms with Crippen LogP contribution >= 0.6 is 207 Å². The van der Waals surface area contributed by atoms with Crippen LogP contribution in [0.1, 0.15) is 0 Å². The summed E-state index contributed by atoms with van der Waals surface area (Å²) in [6, 6.07) is 0. The molecule has 0 bridgehead atoms. The molecule has 0 aliphatic rings. The van der Waals surface area contributed by atoms with E-state index in [1.807, 2.05) is 0 Å². The standard InChI is InChI=1S/C6HBr13/c7-1(8)2(4(11,12)13,5(14,15)16)3(9,10)6(17,18)19/h1H. The van der Waals surface area contributed by atoms with Gasteiger partial charge in [-0.15, -0.1) is 0 Å². The summed E-state index contributed by atoms with van der Waals surface area (Å²) < 4.78 is -3.09. The van der Waals surface area contributed by atoms with Gasteiger partial charge in [-0.1, -0.05) is 207 Å². The molecule has 0 saturated carbocycles. The van der Waals surface area contributed by atoms with Crippen LogP contribution in [0.3, 0.4) is 0 Å². The molecule has 0 amide bonds. The second-order valence-corrected chi connectivity index (χ2v) is 30.0. The van der Waals surface area contributed by atoms with Crippen molar-refractivity contribution in [3.63, 3.8) is 0 Å². The molecule has 0 aromatic heterocycles. The maximum Gasteiger partial charge on any atom is 0.160 e. The Morgan fingerprint density at radius 3 is 0.789 bits per heavy atom. The van der Waals surface area contributed by atoms with Crippen LogP contribution in [0.15, 0.2) is 0 Å². The lowest BCUT2D eigenvalue weighted by Gasteiger charge is -2.57. The van der Waals surface area contributed by atoms with Crippen molar-refractivity contribution in [1.29, 1.82) is 0 Å². The van der Waals surface area contributed by atoms with Crippen LogP contribution < -0.4 is 0 Å². The van der Waals surface area contributed by atoms with Crippen molar-refractivity contribution < 1.29 is 0 Å². The van der Waals surface area contributed by atoms with E-state index in [1.165, 1.54) is 0 Å². The fraction of sp³-hybridized carbons (Fsp3) is 1.00. The monoisotopic (exact) mass is 1100 g/mol. The van der Waals surface area contributed by atoms with Gasteiger partial charge >= 0.3 is 0 Å². The van der Waals surface area contributed by atoms with Crippen molar-refractivity contribution in [2.45, 2.75) is 13.4 Å². The van der Waals surface area contributed by atoms with E-state index in [4.69, 9.17) is 0 Å². The summed E-state index contributed by atoms with van der Waals surface area (Å²) in [5, 5.41) is 0. The molecule has 0 spiro atoms. The molecule has 13 heteroatoms. The number of hydrogen-bond donors (Lipinski definition) is 0. The Balaban J connectivity index is 6.54. The second kappa shape index (κ2) is 8.50. The zero-order valence-electron chi connectivity index (χ0n) is 7.99. The van der Waals surface area contributed by atoms with E-state index >= 15 is 0 Å². The maximum absolute atomic E-state index is 3.73. The SMILES string of the molecule is BrC(Br)C(C(Br)(Br)Br)(C(Br)(Br)Br)C(Br)(Br)C(Br)(Br)Br.